The molecule has 3 aromatic rings. The number of amides is 2. The Morgan fingerprint density at radius 3 is 2.62 bits per heavy atom. The first kappa shape index (κ1) is 23.7. The number of nitrogens with zero attached hydrogens (tertiary/aromatic N) is 2. The zero-order valence-corrected chi connectivity index (χ0v) is 19.9. The maximum absolute atomic E-state index is 13.5. The van der Waals surface area contributed by atoms with Gasteiger partial charge in [-0.25, -0.2) is 4.39 Å². The Kier molecular flexibility index (Phi) is 7.43. The maximum atomic E-state index is 13.5. The summed E-state index contributed by atoms with van der Waals surface area (Å²) in [6, 6.07) is 14.9. The van der Waals surface area contributed by atoms with E-state index in [2.05, 4.69) is 6.58 Å². The molecule has 176 valence electrons. The van der Waals surface area contributed by atoms with Gasteiger partial charge in [0.05, 0.1) is 6.04 Å². The molecule has 5 nitrogen and oxygen atoms in total. The second-order valence-corrected chi connectivity index (χ2v) is 9.26. The highest BCUT2D eigenvalue weighted by Crippen LogP contribution is 2.34. The fourth-order valence-electron chi connectivity index (χ4n) is 4.09. The number of thiophene rings is 1. The lowest BCUT2D eigenvalue weighted by atomic mass is 10.0. The third-order valence-corrected chi connectivity index (χ3v) is 6.89. The zero-order valence-electron chi connectivity index (χ0n) is 19.1. The summed E-state index contributed by atoms with van der Waals surface area (Å²) in [5.74, 6) is -0.144. The molecule has 4 rings (SSSR count). The van der Waals surface area contributed by atoms with Gasteiger partial charge in [0, 0.05) is 23.5 Å². The van der Waals surface area contributed by atoms with Gasteiger partial charge in [0.2, 0.25) is 5.91 Å². The molecule has 1 aliphatic heterocycles. The molecular formula is C27H27FN2O3S. The Morgan fingerprint density at radius 1 is 1.18 bits per heavy atom. The van der Waals surface area contributed by atoms with Gasteiger partial charge in [-0.2, -0.15) is 0 Å². The molecule has 0 fully saturated rings. The van der Waals surface area contributed by atoms with E-state index in [0.29, 0.717) is 17.9 Å². The molecule has 0 spiro atoms. The van der Waals surface area contributed by atoms with Crippen molar-refractivity contribution in [2.45, 2.75) is 19.4 Å². The Balaban J connectivity index is 1.51. The van der Waals surface area contributed by atoms with Crippen LogP contribution in [0.25, 0.3) is 0 Å². The standard InChI is InChI=1S/C27H27FN2O3S/c1-3-14-29(27(32)20-6-4-19(2)5-7-20)17-26(31)30-15-12-25-23(13-16-34-25)24(30)18-33-22-10-8-21(28)9-11-22/h3-11,13,16,24H,1,12,14-15,17-18H2,2H3/t24-/m1/s1. The second-order valence-electron chi connectivity index (χ2n) is 8.26. The van der Waals surface area contributed by atoms with Crippen LogP contribution in [-0.2, 0) is 11.2 Å². The fraction of sp³-hybridized carbons (Fsp3) is 0.259. The predicted octanol–water partition coefficient (Wildman–Crippen LogP) is 5.03. The Bertz CT molecular complexity index is 1160. The van der Waals surface area contributed by atoms with Gasteiger partial charge < -0.3 is 14.5 Å². The molecule has 0 radical (unpaired) electrons. The SMILES string of the molecule is C=CCN(CC(=O)N1CCc2sccc2[C@H]1COc1ccc(F)cc1)C(=O)c1ccc(C)cc1. The number of rotatable bonds is 8. The molecule has 34 heavy (non-hydrogen) atoms. The first-order valence-electron chi connectivity index (χ1n) is 11.2. The topological polar surface area (TPSA) is 49.9 Å². The van der Waals surface area contributed by atoms with Gasteiger partial charge in [-0.3, -0.25) is 9.59 Å². The quantitative estimate of drug-likeness (QED) is 0.427. The summed E-state index contributed by atoms with van der Waals surface area (Å²) >= 11 is 1.67. The number of hydrogen-bond acceptors (Lipinski definition) is 4. The van der Waals surface area contributed by atoms with Crippen molar-refractivity contribution in [3.63, 3.8) is 0 Å². The summed E-state index contributed by atoms with van der Waals surface area (Å²) in [5.41, 5.74) is 2.66. The van der Waals surface area contributed by atoms with E-state index < -0.39 is 0 Å². The Hall–Kier alpha value is -3.45. The van der Waals surface area contributed by atoms with Gasteiger partial charge in [0.1, 0.15) is 24.7 Å². The summed E-state index contributed by atoms with van der Waals surface area (Å²) < 4.78 is 19.2. The molecule has 2 amide bonds. The van der Waals surface area contributed by atoms with E-state index in [9.17, 15) is 14.0 Å². The molecule has 0 N–H and O–H groups in total. The molecule has 0 bridgehead atoms. The lowest BCUT2D eigenvalue weighted by Crippen LogP contribution is -2.47. The summed E-state index contributed by atoms with van der Waals surface area (Å²) in [6.45, 7) is 6.72. The van der Waals surface area contributed by atoms with Gasteiger partial charge >= 0.3 is 0 Å². The predicted molar refractivity (Wildman–Crippen MR) is 132 cm³/mol. The summed E-state index contributed by atoms with van der Waals surface area (Å²) in [7, 11) is 0. The smallest absolute Gasteiger partial charge is 0.254 e. The van der Waals surface area contributed by atoms with Crippen molar-refractivity contribution in [3.05, 3.63) is 100 Å². The van der Waals surface area contributed by atoms with Crippen LogP contribution < -0.4 is 4.74 Å². The normalized spacial score (nSPS) is 14.9. The minimum absolute atomic E-state index is 0.0503. The van der Waals surface area contributed by atoms with Crippen molar-refractivity contribution in [2.24, 2.45) is 0 Å². The van der Waals surface area contributed by atoms with Crippen LogP contribution in [0.15, 0.2) is 72.6 Å². The van der Waals surface area contributed by atoms with Crippen LogP contribution in [0.2, 0.25) is 0 Å². The molecule has 7 heteroatoms. The molecule has 0 saturated carbocycles. The summed E-state index contributed by atoms with van der Waals surface area (Å²) in [5, 5.41) is 2.02. The lowest BCUT2D eigenvalue weighted by Gasteiger charge is -2.37. The molecular weight excluding hydrogens is 451 g/mol. The number of carbonyl (C=O) groups excluding carboxylic acids is 2. The zero-order chi connectivity index (χ0) is 24.1. The number of hydrogen-bond donors (Lipinski definition) is 0. The fourth-order valence-corrected chi connectivity index (χ4v) is 5.02. The monoisotopic (exact) mass is 478 g/mol. The second kappa shape index (κ2) is 10.7. The number of ether oxygens (including phenoxy) is 1. The summed E-state index contributed by atoms with van der Waals surface area (Å²) in [4.78, 5) is 31.1. The number of halogens is 1. The van der Waals surface area contributed by atoms with Gasteiger partial charge in [0.25, 0.3) is 5.91 Å². The van der Waals surface area contributed by atoms with Gasteiger partial charge in [-0.05, 0) is 66.8 Å². The van der Waals surface area contributed by atoms with Crippen LogP contribution in [0.5, 0.6) is 5.75 Å². The van der Waals surface area contributed by atoms with E-state index >= 15 is 0 Å². The minimum atomic E-state index is -0.331. The molecule has 1 aliphatic rings. The van der Waals surface area contributed by atoms with Crippen molar-refractivity contribution in [3.8, 4) is 5.75 Å². The van der Waals surface area contributed by atoms with E-state index in [0.717, 1.165) is 17.5 Å². The highest BCUT2D eigenvalue weighted by molar-refractivity contribution is 7.10. The molecule has 0 saturated heterocycles. The van der Waals surface area contributed by atoms with Crippen molar-refractivity contribution in [1.29, 1.82) is 0 Å². The first-order valence-corrected chi connectivity index (χ1v) is 12.0. The molecule has 0 aliphatic carbocycles. The van der Waals surface area contributed by atoms with Crippen LogP contribution in [0.1, 0.15) is 32.4 Å². The van der Waals surface area contributed by atoms with Crippen molar-refractivity contribution in [1.82, 2.24) is 9.80 Å². The van der Waals surface area contributed by atoms with Crippen molar-refractivity contribution >= 4 is 23.2 Å². The maximum Gasteiger partial charge on any atom is 0.254 e. The van der Waals surface area contributed by atoms with Crippen LogP contribution in [0.4, 0.5) is 4.39 Å². The number of benzene rings is 2. The summed E-state index contributed by atoms with van der Waals surface area (Å²) in [6.07, 6.45) is 2.39. The van der Waals surface area contributed by atoms with Gasteiger partial charge in [0.15, 0.2) is 0 Å². The Labute approximate surface area is 203 Å². The molecule has 2 heterocycles. The molecule has 2 aromatic carbocycles. The first-order chi connectivity index (χ1) is 16.5. The van der Waals surface area contributed by atoms with E-state index in [1.165, 1.54) is 21.9 Å². The van der Waals surface area contributed by atoms with Crippen LogP contribution in [0.3, 0.4) is 0 Å². The van der Waals surface area contributed by atoms with E-state index in [-0.39, 0.29) is 43.4 Å². The third-order valence-electron chi connectivity index (χ3n) is 5.90. The van der Waals surface area contributed by atoms with E-state index in [1.54, 1.807) is 46.6 Å². The van der Waals surface area contributed by atoms with Crippen LogP contribution >= 0.6 is 11.3 Å². The lowest BCUT2D eigenvalue weighted by molar-refractivity contribution is -0.135. The van der Waals surface area contributed by atoms with E-state index in [1.807, 2.05) is 30.5 Å². The van der Waals surface area contributed by atoms with Crippen LogP contribution in [0, 0.1) is 12.7 Å². The highest BCUT2D eigenvalue weighted by Gasteiger charge is 2.33. The number of carbonyl (C=O) groups is 2. The number of aryl methyl sites for hydroxylation is 1. The van der Waals surface area contributed by atoms with Crippen molar-refractivity contribution < 1.29 is 18.7 Å². The van der Waals surface area contributed by atoms with E-state index in [4.69, 9.17) is 4.74 Å². The third kappa shape index (κ3) is 5.37. The van der Waals surface area contributed by atoms with Gasteiger partial charge in [-0.15, -0.1) is 17.9 Å². The van der Waals surface area contributed by atoms with Crippen LogP contribution in [-0.4, -0.2) is 47.9 Å². The van der Waals surface area contributed by atoms with Crippen molar-refractivity contribution in [2.75, 3.05) is 26.2 Å². The molecule has 1 aromatic heterocycles. The average Bonchev–Trinajstić information content (AvgIpc) is 3.32. The minimum Gasteiger partial charge on any atom is -0.491 e. The number of fused-ring (bicyclic) bond motifs is 1. The average molecular weight is 479 g/mol. The highest BCUT2D eigenvalue weighted by atomic mass is 32.1. The Morgan fingerprint density at radius 2 is 1.91 bits per heavy atom. The van der Waals surface area contributed by atoms with Gasteiger partial charge in [-0.1, -0.05) is 23.8 Å². The molecule has 1 atom stereocenters. The molecule has 0 unspecified atom stereocenters. The largest absolute Gasteiger partial charge is 0.491 e.